The van der Waals surface area contributed by atoms with Crippen LogP contribution < -0.4 is 0 Å². The molecule has 1 aromatic heterocycles. The van der Waals surface area contributed by atoms with Gasteiger partial charge in [-0.25, -0.2) is 13.4 Å². The molecule has 4 rings (SSSR count). The highest BCUT2D eigenvalue weighted by Crippen LogP contribution is 2.30. The van der Waals surface area contributed by atoms with Crippen LogP contribution in [0.3, 0.4) is 0 Å². The van der Waals surface area contributed by atoms with Gasteiger partial charge in [-0.05, 0) is 68.6 Å². The van der Waals surface area contributed by atoms with Crippen LogP contribution in [0.2, 0.25) is 0 Å². The summed E-state index contributed by atoms with van der Waals surface area (Å²) >= 11 is 0. The van der Waals surface area contributed by atoms with E-state index in [-0.39, 0.29) is 11.9 Å². The van der Waals surface area contributed by atoms with E-state index in [1.54, 1.807) is 24.3 Å². The lowest BCUT2D eigenvalue weighted by molar-refractivity contribution is -0.0438. The molecule has 0 radical (unpaired) electrons. The maximum atomic E-state index is 13.0. The van der Waals surface area contributed by atoms with Gasteiger partial charge in [0.25, 0.3) is 15.7 Å². The summed E-state index contributed by atoms with van der Waals surface area (Å²) in [7, 11) is -5.48. The number of aromatic nitrogens is 1. The van der Waals surface area contributed by atoms with E-state index in [4.69, 9.17) is 0 Å². The minimum atomic E-state index is -5.48. The van der Waals surface area contributed by atoms with Crippen LogP contribution in [0.1, 0.15) is 36.0 Å². The van der Waals surface area contributed by atoms with Gasteiger partial charge in [-0.15, -0.1) is 0 Å². The molecule has 172 valence electrons. The zero-order valence-electron chi connectivity index (χ0n) is 17.4. The molecule has 2 aromatic rings. The van der Waals surface area contributed by atoms with E-state index in [2.05, 4.69) is 9.88 Å². The van der Waals surface area contributed by atoms with Gasteiger partial charge in [0, 0.05) is 36.5 Å². The maximum absolute atomic E-state index is 13.0. The maximum Gasteiger partial charge on any atom is 0.503 e. The number of rotatable bonds is 5. The third kappa shape index (κ3) is 4.52. The van der Waals surface area contributed by atoms with Crippen molar-refractivity contribution < 1.29 is 26.4 Å². The van der Waals surface area contributed by atoms with Crippen LogP contribution in [0.4, 0.5) is 13.2 Å². The predicted octanol–water partition coefficient (Wildman–Crippen LogP) is 3.74. The van der Waals surface area contributed by atoms with Crippen LogP contribution in [0.25, 0.3) is 11.1 Å². The number of hydrogen-bond acceptors (Lipinski definition) is 5. The van der Waals surface area contributed by atoms with Crippen molar-refractivity contribution in [2.75, 3.05) is 26.2 Å². The number of pyridine rings is 1. The van der Waals surface area contributed by atoms with E-state index in [1.807, 2.05) is 4.90 Å². The third-order valence-corrected chi connectivity index (χ3v) is 7.49. The van der Waals surface area contributed by atoms with Crippen LogP contribution in [0.5, 0.6) is 0 Å². The Morgan fingerprint density at radius 3 is 2.22 bits per heavy atom. The van der Waals surface area contributed by atoms with Crippen molar-refractivity contribution in [1.29, 1.82) is 0 Å². The molecule has 0 N–H and O–H groups in total. The highest BCUT2D eigenvalue weighted by molar-refractivity contribution is 7.92. The molecule has 2 fully saturated rings. The van der Waals surface area contributed by atoms with Gasteiger partial charge in [0.15, 0.2) is 5.03 Å². The van der Waals surface area contributed by atoms with Crippen LogP contribution in [-0.4, -0.2) is 66.8 Å². The summed E-state index contributed by atoms with van der Waals surface area (Å²) in [5.41, 5.74) is -3.77. The van der Waals surface area contributed by atoms with Crippen LogP contribution >= 0.6 is 0 Å². The van der Waals surface area contributed by atoms with Crippen molar-refractivity contribution in [2.24, 2.45) is 0 Å². The second-order valence-electron chi connectivity index (χ2n) is 8.21. The van der Waals surface area contributed by atoms with E-state index in [0.29, 0.717) is 16.7 Å². The van der Waals surface area contributed by atoms with E-state index in [1.165, 1.54) is 18.9 Å². The molecule has 6 nitrogen and oxygen atoms in total. The fourth-order valence-electron chi connectivity index (χ4n) is 4.36. The number of hydrogen-bond donors (Lipinski definition) is 0. The molecular weight excluding hydrogens is 443 g/mol. The third-order valence-electron chi connectivity index (χ3n) is 6.09. The fraction of sp³-hybridized carbons (Fsp3) is 0.455. The largest absolute Gasteiger partial charge is 0.503 e. The van der Waals surface area contributed by atoms with Crippen LogP contribution in [-0.2, 0) is 9.84 Å². The standard InChI is InChI=1S/C22H24F3N3O3S/c23-22(24,25)32(30,31)20-10-9-18(14-26-20)16-5-7-17(8-6-16)21(29)28-13-3-4-19(28)15-27-11-1-2-12-27/h5-10,14,19H,1-4,11-13,15H2. The van der Waals surface area contributed by atoms with Gasteiger partial charge in [0.05, 0.1) is 0 Å². The average Bonchev–Trinajstić information content (AvgIpc) is 3.45. The SMILES string of the molecule is O=C(c1ccc(-c2ccc(S(=O)(=O)C(F)(F)F)nc2)cc1)N1CCCC1CN1CCCC1. The lowest BCUT2D eigenvalue weighted by atomic mass is 10.0. The zero-order chi connectivity index (χ0) is 22.9. The van der Waals surface area contributed by atoms with E-state index < -0.39 is 20.4 Å². The molecule has 2 saturated heterocycles. The Labute approximate surface area is 185 Å². The van der Waals surface area contributed by atoms with Gasteiger partial charge >= 0.3 is 5.51 Å². The highest BCUT2D eigenvalue weighted by atomic mass is 32.2. The number of amides is 1. The molecule has 2 aliphatic rings. The van der Waals surface area contributed by atoms with Gasteiger partial charge in [-0.3, -0.25) is 4.79 Å². The summed E-state index contributed by atoms with van der Waals surface area (Å²) in [6.45, 7) is 3.81. The van der Waals surface area contributed by atoms with Crippen LogP contribution in [0, 0.1) is 0 Å². The first-order chi connectivity index (χ1) is 15.2. The van der Waals surface area contributed by atoms with Gasteiger partial charge in [-0.2, -0.15) is 13.2 Å². The first-order valence-corrected chi connectivity index (χ1v) is 12.1. The number of likely N-dealkylation sites (tertiary alicyclic amines) is 2. The average molecular weight is 468 g/mol. The van der Waals surface area contributed by atoms with Gasteiger partial charge < -0.3 is 9.80 Å². The van der Waals surface area contributed by atoms with Crippen molar-refractivity contribution in [3.05, 3.63) is 48.2 Å². The quantitative estimate of drug-likeness (QED) is 0.670. The van der Waals surface area contributed by atoms with Crippen molar-refractivity contribution in [3.8, 4) is 11.1 Å². The van der Waals surface area contributed by atoms with Crippen LogP contribution in [0.15, 0.2) is 47.6 Å². The summed E-state index contributed by atoms with van der Waals surface area (Å²) in [5, 5.41) is -1.04. The molecule has 32 heavy (non-hydrogen) atoms. The van der Waals surface area contributed by atoms with Crippen molar-refractivity contribution in [3.63, 3.8) is 0 Å². The molecule has 1 aromatic carbocycles. The molecule has 1 amide bonds. The molecule has 0 spiro atoms. The van der Waals surface area contributed by atoms with Gasteiger partial charge in [0.2, 0.25) is 0 Å². The second-order valence-corrected chi connectivity index (χ2v) is 10.1. The molecule has 3 heterocycles. The molecule has 0 saturated carbocycles. The molecule has 1 atom stereocenters. The summed E-state index contributed by atoms with van der Waals surface area (Å²) in [5.74, 6) is -0.0250. The number of carbonyl (C=O) groups is 1. The Bertz CT molecular complexity index is 1060. The van der Waals surface area contributed by atoms with Crippen molar-refractivity contribution >= 4 is 15.7 Å². The molecular formula is C22H24F3N3O3S. The molecule has 2 aliphatic heterocycles. The molecule has 0 bridgehead atoms. The van der Waals surface area contributed by atoms with E-state index >= 15 is 0 Å². The predicted molar refractivity (Wildman–Crippen MR) is 113 cm³/mol. The minimum absolute atomic E-state index is 0.0250. The van der Waals surface area contributed by atoms with Crippen molar-refractivity contribution in [1.82, 2.24) is 14.8 Å². The summed E-state index contributed by atoms with van der Waals surface area (Å²) in [6, 6.07) is 9.07. The Morgan fingerprint density at radius 2 is 1.62 bits per heavy atom. The Balaban J connectivity index is 1.46. The summed E-state index contributed by atoms with van der Waals surface area (Å²) in [6.07, 6.45) is 5.49. The summed E-state index contributed by atoms with van der Waals surface area (Å²) in [4.78, 5) is 20.9. The second kappa shape index (κ2) is 8.82. The Morgan fingerprint density at radius 1 is 0.969 bits per heavy atom. The molecule has 1 unspecified atom stereocenters. The Hall–Kier alpha value is -2.46. The molecule has 10 heteroatoms. The smallest absolute Gasteiger partial charge is 0.334 e. The topological polar surface area (TPSA) is 70.6 Å². The first-order valence-electron chi connectivity index (χ1n) is 10.6. The molecule has 0 aliphatic carbocycles. The number of alkyl halides is 3. The fourth-order valence-corrected chi connectivity index (χ4v) is 5.03. The minimum Gasteiger partial charge on any atom is -0.334 e. The lowest BCUT2D eigenvalue weighted by Crippen LogP contribution is -2.42. The number of carbonyl (C=O) groups excluding carboxylic acids is 1. The number of benzene rings is 1. The highest BCUT2D eigenvalue weighted by Gasteiger charge is 2.47. The van der Waals surface area contributed by atoms with E-state index in [0.717, 1.165) is 51.3 Å². The lowest BCUT2D eigenvalue weighted by Gasteiger charge is -2.28. The van der Waals surface area contributed by atoms with Gasteiger partial charge in [-0.1, -0.05) is 12.1 Å². The normalized spacial score (nSPS) is 20.1. The Kier molecular flexibility index (Phi) is 6.26. The monoisotopic (exact) mass is 467 g/mol. The summed E-state index contributed by atoms with van der Waals surface area (Å²) < 4.78 is 60.9. The first kappa shape index (κ1) is 22.7. The van der Waals surface area contributed by atoms with Gasteiger partial charge in [0.1, 0.15) is 0 Å². The number of nitrogens with zero attached hydrogens (tertiary/aromatic N) is 3. The van der Waals surface area contributed by atoms with Crippen molar-refractivity contribution in [2.45, 2.75) is 42.3 Å². The number of sulfone groups is 1. The van der Waals surface area contributed by atoms with E-state index in [9.17, 15) is 26.4 Å². The zero-order valence-corrected chi connectivity index (χ0v) is 18.2. The number of halogens is 3.